The van der Waals surface area contributed by atoms with Crippen LogP contribution in [-0.2, 0) is 24.1 Å². The van der Waals surface area contributed by atoms with Gasteiger partial charge in [-0.1, -0.05) is 36.4 Å². The van der Waals surface area contributed by atoms with Crippen molar-refractivity contribution in [3.05, 3.63) is 59.2 Å². The Hall–Kier alpha value is -1.97. The number of β-amino-alcohol motifs (C(OH)–C–C–N with tert-alkyl or cyclic N) is 1. The van der Waals surface area contributed by atoms with Crippen LogP contribution in [0.5, 0.6) is 0 Å². The van der Waals surface area contributed by atoms with Crippen molar-refractivity contribution in [1.29, 1.82) is 0 Å². The third kappa shape index (κ3) is 6.55. The number of nitrogens with zero attached hydrogens (tertiary/aromatic N) is 2. The van der Waals surface area contributed by atoms with Gasteiger partial charge in [-0.2, -0.15) is 13.2 Å². The maximum atomic E-state index is 13.9. The van der Waals surface area contributed by atoms with Crippen molar-refractivity contribution in [3.63, 3.8) is 0 Å². The van der Waals surface area contributed by atoms with Crippen molar-refractivity contribution in [3.8, 4) is 11.1 Å². The second-order valence-electron chi connectivity index (χ2n) is 8.83. The first-order valence-electron chi connectivity index (χ1n) is 11.6. The summed E-state index contributed by atoms with van der Waals surface area (Å²) in [5.74, 6) is 0. The molecule has 2 heterocycles. The van der Waals surface area contributed by atoms with Gasteiger partial charge in [0.05, 0.1) is 24.9 Å². The number of hydrogen-bond acceptors (Lipinski definition) is 5. The molecule has 0 spiro atoms. The molecule has 2 saturated heterocycles. The highest BCUT2D eigenvalue weighted by Crippen LogP contribution is 2.36. The molecule has 33 heavy (non-hydrogen) atoms. The number of alkyl halides is 3. The molecule has 0 unspecified atom stereocenters. The fourth-order valence-corrected chi connectivity index (χ4v) is 4.49. The minimum absolute atomic E-state index is 0.103. The SMILES string of the molecule is OCCN1CCN(Cc2ccc(-c3ccc(CO[C@@H]4CCNC4)cc3)cc2C(F)(F)F)CC1. The first-order chi connectivity index (χ1) is 15.9. The Bertz CT molecular complexity index is 891. The van der Waals surface area contributed by atoms with Crippen LogP contribution in [0.2, 0.25) is 0 Å². The van der Waals surface area contributed by atoms with E-state index in [1.54, 1.807) is 12.1 Å². The molecule has 1 atom stereocenters. The molecule has 2 aromatic rings. The van der Waals surface area contributed by atoms with E-state index < -0.39 is 11.7 Å². The minimum Gasteiger partial charge on any atom is -0.395 e. The van der Waals surface area contributed by atoms with E-state index in [0.717, 1.165) is 43.7 Å². The molecule has 180 valence electrons. The Morgan fingerprint density at radius 2 is 1.67 bits per heavy atom. The Morgan fingerprint density at radius 3 is 2.30 bits per heavy atom. The van der Waals surface area contributed by atoms with Gasteiger partial charge in [-0.3, -0.25) is 9.80 Å². The van der Waals surface area contributed by atoms with Gasteiger partial charge in [-0.15, -0.1) is 0 Å². The molecule has 2 N–H and O–H groups in total. The number of aliphatic hydroxyl groups is 1. The van der Waals surface area contributed by atoms with Crippen molar-refractivity contribution in [1.82, 2.24) is 15.1 Å². The number of rotatable bonds is 8. The average Bonchev–Trinajstić information content (AvgIpc) is 3.33. The maximum Gasteiger partial charge on any atom is 0.416 e. The summed E-state index contributed by atoms with van der Waals surface area (Å²) in [5.41, 5.74) is 2.07. The van der Waals surface area contributed by atoms with E-state index >= 15 is 0 Å². The Morgan fingerprint density at radius 1 is 0.970 bits per heavy atom. The first kappa shape index (κ1) is 24.2. The molecule has 4 rings (SSSR count). The smallest absolute Gasteiger partial charge is 0.395 e. The van der Waals surface area contributed by atoms with Gasteiger partial charge in [0.25, 0.3) is 0 Å². The lowest BCUT2D eigenvalue weighted by Crippen LogP contribution is -2.46. The van der Waals surface area contributed by atoms with Gasteiger partial charge in [-0.05, 0) is 41.3 Å². The van der Waals surface area contributed by atoms with Gasteiger partial charge in [0, 0.05) is 45.8 Å². The van der Waals surface area contributed by atoms with Gasteiger partial charge in [0.15, 0.2) is 0 Å². The van der Waals surface area contributed by atoms with Crippen LogP contribution in [0.3, 0.4) is 0 Å². The van der Waals surface area contributed by atoms with E-state index in [9.17, 15) is 13.2 Å². The lowest BCUT2D eigenvalue weighted by Gasteiger charge is -2.34. The van der Waals surface area contributed by atoms with E-state index in [2.05, 4.69) is 10.2 Å². The predicted octanol–water partition coefficient (Wildman–Crippen LogP) is 3.36. The molecule has 0 radical (unpaired) electrons. The fraction of sp³-hybridized carbons (Fsp3) is 0.520. The molecule has 2 aliphatic heterocycles. The van der Waals surface area contributed by atoms with E-state index in [-0.39, 0.29) is 19.3 Å². The van der Waals surface area contributed by atoms with E-state index in [1.165, 1.54) is 6.07 Å². The summed E-state index contributed by atoms with van der Waals surface area (Å²) in [7, 11) is 0. The number of ether oxygens (including phenoxy) is 1. The molecule has 0 aromatic heterocycles. The second-order valence-corrected chi connectivity index (χ2v) is 8.83. The number of piperazine rings is 1. The number of halogens is 3. The van der Waals surface area contributed by atoms with Crippen LogP contribution in [0.4, 0.5) is 13.2 Å². The van der Waals surface area contributed by atoms with E-state index in [0.29, 0.717) is 37.4 Å². The highest BCUT2D eigenvalue weighted by atomic mass is 19.4. The Kier molecular flexibility index (Phi) is 8.03. The highest BCUT2D eigenvalue weighted by molar-refractivity contribution is 5.65. The largest absolute Gasteiger partial charge is 0.416 e. The van der Waals surface area contributed by atoms with Crippen LogP contribution in [0.25, 0.3) is 11.1 Å². The summed E-state index contributed by atoms with van der Waals surface area (Å²) >= 11 is 0. The van der Waals surface area contributed by atoms with E-state index in [4.69, 9.17) is 9.84 Å². The second kappa shape index (κ2) is 11.0. The van der Waals surface area contributed by atoms with Gasteiger partial charge < -0.3 is 15.2 Å². The number of aliphatic hydroxyl groups excluding tert-OH is 1. The number of hydrogen-bond donors (Lipinski definition) is 2. The highest BCUT2D eigenvalue weighted by Gasteiger charge is 2.34. The zero-order valence-corrected chi connectivity index (χ0v) is 18.8. The summed E-state index contributed by atoms with van der Waals surface area (Å²) < 4.78 is 47.6. The quantitative estimate of drug-likeness (QED) is 0.629. The molecular formula is C25H32F3N3O2. The van der Waals surface area contributed by atoms with Crippen molar-refractivity contribution in [2.24, 2.45) is 0 Å². The monoisotopic (exact) mass is 463 g/mol. The van der Waals surface area contributed by atoms with Crippen LogP contribution in [0.1, 0.15) is 23.1 Å². The van der Waals surface area contributed by atoms with Gasteiger partial charge in [0.1, 0.15) is 0 Å². The van der Waals surface area contributed by atoms with Gasteiger partial charge in [0.2, 0.25) is 0 Å². The van der Waals surface area contributed by atoms with Crippen LogP contribution < -0.4 is 5.32 Å². The van der Waals surface area contributed by atoms with Crippen LogP contribution in [-0.4, -0.2) is 73.4 Å². The lowest BCUT2D eigenvalue weighted by atomic mass is 9.97. The molecule has 0 bridgehead atoms. The molecule has 0 amide bonds. The molecule has 8 heteroatoms. The summed E-state index contributed by atoms with van der Waals surface area (Å²) in [6.07, 6.45) is -3.18. The zero-order valence-electron chi connectivity index (χ0n) is 18.8. The van der Waals surface area contributed by atoms with Crippen molar-refractivity contribution >= 4 is 0 Å². The molecule has 5 nitrogen and oxygen atoms in total. The summed E-state index contributed by atoms with van der Waals surface area (Å²) in [5, 5.41) is 12.3. The van der Waals surface area contributed by atoms with E-state index in [1.807, 2.05) is 29.2 Å². The normalized spacial score (nSPS) is 20.4. The first-order valence-corrected chi connectivity index (χ1v) is 11.6. The lowest BCUT2D eigenvalue weighted by molar-refractivity contribution is -0.138. The Balaban J connectivity index is 1.44. The van der Waals surface area contributed by atoms with Crippen molar-refractivity contribution in [2.45, 2.75) is 31.9 Å². The number of benzene rings is 2. The van der Waals surface area contributed by atoms with Gasteiger partial charge in [-0.25, -0.2) is 0 Å². The zero-order chi connectivity index (χ0) is 23.3. The molecule has 2 aromatic carbocycles. The standard InChI is InChI=1S/C25H32F3N3O2/c26-25(27,28)24-15-21(5-6-22(24)17-31-11-9-30(10-12-31)13-14-32)20-3-1-19(2-4-20)18-33-23-7-8-29-16-23/h1-6,15,23,29,32H,7-14,16-18H2/t23-/m1/s1. The number of nitrogens with one attached hydrogen (secondary N) is 1. The molecule has 0 aliphatic carbocycles. The maximum absolute atomic E-state index is 13.9. The predicted molar refractivity (Wildman–Crippen MR) is 122 cm³/mol. The third-order valence-corrected chi connectivity index (χ3v) is 6.48. The summed E-state index contributed by atoms with van der Waals surface area (Å²) in [6.45, 7) is 6.23. The van der Waals surface area contributed by atoms with Crippen LogP contribution >= 0.6 is 0 Å². The summed E-state index contributed by atoms with van der Waals surface area (Å²) in [4.78, 5) is 4.18. The Labute approximate surface area is 193 Å². The summed E-state index contributed by atoms with van der Waals surface area (Å²) in [6, 6.07) is 12.2. The van der Waals surface area contributed by atoms with Crippen LogP contribution in [0, 0.1) is 0 Å². The molecular weight excluding hydrogens is 431 g/mol. The van der Waals surface area contributed by atoms with Crippen molar-refractivity contribution < 1.29 is 23.0 Å². The topological polar surface area (TPSA) is 48.0 Å². The molecule has 0 saturated carbocycles. The minimum atomic E-state index is -4.41. The molecule has 2 aliphatic rings. The van der Waals surface area contributed by atoms with Crippen molar-refractivity contribution in [2.75, 3.05) is 52.4 Å². The molecule has 2 fully saturated rings. The van der Waals surface area contributed by atoms with Gasteiger partial charge >= 0.3 is 6.18 Å². The van der Waals surface area contributed by atoms with Crippen LogP contribution in [0.15, 0.2) is 42.5 Å². The fourth-order valence-electron chi connectivity index (χ4n) is 4.49. The third-order valence-electron chi connectivity index (χ3n) is 6.48. The average molecular weight is 464 g/mol.